The van der Waals surface area contributed by atoms with Gasteiger partial charge in [-0.05, 0) is 0 Å². The summed E-state index contributed by atoms with van der Waals surface area (Å²) in [5.41, 5.74) is 2.36. The van der Waals surface area contributed by atoms with E-state index in [4.69, 9.17) is 22.2 Å². The third-order valence-electron chi connectivity index (χ3n) is 1.37. The minimum Gasteiger partial charge on any atom is -0.384 e. The van der Waals surface area contributed by atoms with Crippen molar-refractivity contribution >= 4 is 29.3 Å². The van der Waals surface area contributed by atoms with E-state index in [0.29, 0.717) is 22.6 Å². The average molecular weight is 235 g/mol. The predicted molar refractivity (Wildman–Crippen MR) is 57.5 cm³/mol. The molecule has 0 atom stereocenters. The Balaban J connectivity index is 2.64. The maximum atomic E-state index is 5.88. The summed E-state index contributed by atoms with van der Waals surface area (Å²) < 4.78 is 4.91. The average Bonchev–Trinajstić information content (AvgIpc) is 2.21. The highest BCUT2D eigenvalue weighted by molar-refractivity contribution is 7.99. The summed E-state index contributed by atoms with van der Waals surface area (Å²) >= 11 is 7.37. The van der Waals surface area contributed by atoms with Crippen LogP contribution in [-0.4, -0.2) is 29.4 Å². The summed E-state index contributed by atoms with van der Waals surface area (Å²) in [7, 11) is 1.65. The molecule has 0 unspecified atom stereocenters. The van der Waals surface area contributed by atoms with E-state index in [0.717, 1.165) is 5.75 Å². The first kappa shape index (κ1) is 11.5. The number of nitrogens with two attached hydrogens (primary N) is 1. The van der Waals surface area contributed by atoms with E-state index in [-0.39, 0.29) is 0 Å². The van der Waals surface area contributed by atoms with Gasteiger partial charge in [0.2, 0.25) is 5.95 Å². The molecule has 1 rings (SSSR count). The van der Waals surface area contributed by atoms with Crippen LogP contribution >= 0.6 is 23.4 Å². The Hall–Kier alpha value is -0.560. The lowest BCUT2D eigenvalue weighted by Crippen LogP contribution is -2.10. The molecule has 0 saturated carbocycles. The Kier molecular flexibility index (Phi) is 4.95. The third-order valence-corrected chi connectivity index (χ3v) is 2.71. The second kappa shape index (κ2) is 6.02. The van der Waals surface area contributed by atoms with E-state index < -0.39 is 0 Å². The van der Waals surface area contributed by atoms with Gasteiger partial charge in [0, 0.05) is 12.9 Å². The number of hydrazine groups is 1. The first-order valence-electron chi connectivity index (χ1n) is 3.89. The number of nitrogens with one attached hydrogen (secondary N) is 1. The first-order chi connectivity index (χ1) is 6.77. The van der Waals surface area contributed by atoms with E-state index in [1.54, 1.807) is 7.11 Å². The molecule has 0 aliphatic carbocycles. The zero-order valence-electron chi connectivity index (χ0n) is 7.66. The lowest BCUT2D eigenvalue weighted by molar-refractivity contribution is 0.218. The van der Waals surface area contributed by atoms with E-state index in [1.807, 2.05) is 0 Å². The van der Waals surface area contributed by atoms with Crippen LogP contribution in [0.4, 0.5) is 5.95 Å². The van der Waals surface area contributed by atoms with E-state index in [2.05, 4.69) is 15.4 Å². The summed E-state index contributed by atoms with van der Waals surface area (Å²) in [4.78, 5) is 7.95. The molecule has 0 fully saturated rings. The lowest BCUT2D eigenvalue weighted by atomic mass is 10.7. The second-order valence-corrected chi connectivity index (χ2v) is 3.82. The van der Waals surface area contributed by atoms with Gasteiger partial charge in [-0.2, -0.15) is 0 Å². The van der Waals surface area contributed by atoms with Gasteiger partial charge >= 0.3 is 0 Å². The fourth-order valence-electron chi connectivity index (χ4n) is 0.744. The molecule has 0 radical (unpaired) electrons. The molecule has 0 spiro atoms. The summed E-state index contributed by atoms with van der Waals surface area (Å²) in [6, 6.07) is 0. The molecule has 0 aliphatic rings. The second-order valence-electron chi connectivity index (χ2n) is 2.33. The minimum atomic E-state index is 0.356. The van der Waals surface area contributed by atoms with Crippen LogP contribution in [0.1, 0.15) is 0 Å². The van der Waals surface area contributed by atoms with Gasteiger partial charge in [0.05, 0.1) is 17.8 Å². The molecule has 0 bridgehead atoms. The number of thioether (sulfide) groups is 1. The fraction of sp³-hybridized carbons (Fsp3) is 0.429. The molecule has 0 aliphatic heterocycles. The SMILES string of the molecule is COCCSc1nc(NN)ncc1Cl. The number of nitrogen functional groups attached to an aromatic ring is 1. The quantitative estimate of drug-likeness (QED) is 0.262. The van der Waals surface area contributed by atoms with Crippen LogP contribution in [0.15, 0.2) is 11.2 Å². The fourth-order valence-corrected chi connectivity index (χ4v) is 1.78. The van der Waals surface area contributed by atoms with E-state index in [9.17, 15) is 0 Å². The number of aromatic nitrogens is 2. The highest BCUT2D eigenvalue weighted by Gasteiger charge is 2.04. The molecule has 1 aromatic heterocycles. The summed E-state index contributed by atoms with van der Waals surface area (Å²) in [5, 5.41) is 1.22. The van der Waals surface area contributed by atoms with Crippen molar-refractivity contribution in [2.75, 3.05) is 24.9 Å². The largest absolute Gasteiger partial charge is 0.384 e. The lowest BCUT2D eigenvalue weighted by Gasteiger charge is -2.04. The van der Waals surface area contributed by atoms with Crippen LogP contribution in [0.2, 0.25) is 5.02 Å². The van der Waals surface area contributed by atoms with Gasteiger partial charge in [0.25, 0.3) is 0 Å². The van der Waals surface area contributed by atoms with Gasteiger partial charge in [-0.25, -0.2) is 15.8 Å². The highest BCUT2D eigenvalue weighted by Crippen LogP contribution is 2.24. The van der Waals surface area contributed by atoms with Gasteiger partial charge in [-0.3, -0.25) is 5.43 Å². The first-order valence-corrected chi connectivity index (χ1v) is 5.25. The standard InChI is InChI=1S/C7H11ClN4OS/c1-13-2-3-14-6-5(8)4-10-7(11-6)12-9/h4H,2-3,9H2,1H3,(H,10,11,12). The number of hydrogen-bond donors (Lipinski definition) is 2. The smallest absolute Gasteiger partial charge is 0.238 e. The molecule has 78 valence electrons. The molecule has 0 amide bonds. The molecular weight excluding hydrogens is 224 g/mol. The Morgan fingerprint density at radius 2 is 2.50 bits per heavy atom. The van der Waals surface area contributed by atoms with E-state index in [1.165, 1.54) is 18.0 Å². The Labute approximate surface area is 91.4 Å². The molecule has 0 saturated heterocycles. The monoisotopic (exact) mass is 234 g/mol. The van der Waals surface area contributed by atoms with Gasteiger partial charge in [-0.15, -0.1) is 11.8 Å². The Bertz CT molecular complexity index is 299. The molecule has 0 aromatic carbocycles. The summed E-state index contributed by atoms with van der Waals surface area (Å²) in [6.45, 7) is 0.649. The van der Waals surface area contributed by atoms with Crippen LogP contribution in [-0.2, 0) is 4.74 Å². The van der Waals surface area contributed by atoms with Crippen molar-refractivity contribution in [3.05, 3.63) is 11.2 Å². The van der Waals surface area contributed by atoms with Crippen LogP contribution < -0.4 is 11.3 Å². The number of methoxy groups -OCH3 is 1. The number of anilines is 1. The van der Waals surface area contributed by atoms with Crippen LogP contribution in [0.3, 0.4) is 0 Å². The zero-order chi connectivity index (χ0) is 10.4. The van der Waals surface area contributed by atoms with Crippen molar-refractivity contribution in [2.24, 2.45) is 5.84 Å². The molecule has 1 aromatic rings. The highest BCUT2D eigenvalue weighted by atomic mass is 35.5. The number of rotatable bonds is 5. The Morgan fingerprint density at radius 3 is 3.14 bits per heavy atom. The number of nitrogens with zero attached hydrogens (tertiary/aromatic N) is 2. The molecule has 7 heteroatoms. The maximum Gasteiger partial charge on any atom is 0.238 e. The molecular formula is C7H11ClN4OS. The van der Waals surface area contributed by atoms with Crippen LogP contribution in [0.5, 0.6) is 0 Å². The Morgan fingerprint density at radius 1 is 1.71 bits per heavy atom. The molecule has 3 N–H and O–H groups in total. The van der Waals surface area contributed by atoms with Gasteiger partial charge in [0.1, 0.15) is 5.03 Å². The van der Waals surface area contributed by atoms with Crippen molar-refractivity contribution in [3.8, 4) is 0 Å². The van der Waals surface area contributed by atoms with E-state index >= 15 is 0 Å². The molecule has 5 nitrogen and oxygen atoms in total. The zero-order valence-corrected chi connectivity index (χ0v) is 9.23. The van der Waals surface area contributed by atoms with Crippen molar-refractivity contribution < 1.29 is 4.74 Å². The van der Waals surface area contributed by atoms with Crippen LogP contribution in [0.25, 0.3) is 0 Å². The molecule has 1 heterocycles. The third kappa shape index (κ3) is 3.30. The van der Waals surface area contributed by atoms with Gasteiger partial charge < -0.3 is 4.74 Å². The topological polar surface area (TPSA) is 73.1 Å². The van der Waals surface area contributed by atoms with Gasteiger partial charge in [-0.1, -0.05) is 11.6 Å². The summed E-state index contributed by atoms with van der Waals surface area (Å²) in [5.74, 6) is 6.32. The van der Waals surface area contributed by atoms with Crippen molar-refractivity contribution in [1.29, 1.82) is 0 Å². The molecule has 14 heavy (non-hydrogen) atoms. The van der Waals surface area contributed by atoms with Crippen molar-refractivity contribution in [1.82, 2.24) is 9.97 Å². The summed E-state index contributed by atoms with van der Waals surface area (Å²) in [6.07, 6.45) is 1.51. The van der Waals surface area contributed by atoms with Crippen molar-refractivity contribution in [2.45, 2.75) is 5.03 Å². The minimum absolute atomic E-state index is 0.356. The maximum absolute atomic E-state index is 5.88. The van der Waals surface area contributed by atoms with Gasteiger partial charge in [0.15, 0.2) is 0 Å². The normalized spacial score (nSPS) is 10.2. The predicted octanol–water partition coefficient (Wildman–Crippen LogP) is 1.15. The van der Waals surface area contributed by atoms with Crippen LogP contribution in [0, 0.1) is 0 Å². The number of ether oxygens (including phenoxy) is 1. The number of halogens is 1. The van der Waals surface area contributed by atoms with Crippen molar-refractivity contribution in [3.63, 3.8) is 0 Å². The number of hydrogen-bond acceptors (Lipinski definition) is 6.